The van der Waals surface area contributed by atoms with Gasteiger partial charge in [0.2, 0.25) is 0 Å². The molecule has 0 unspecified atom stereocenters. The molecule has 0 radical (unpaired) electrons. The van der Waals surface area contributed by atoms with Crippen molar-refractivity contribution >= 4 is 48.4 Å². The van der Waals surface area contributed by atoms with Gasteiger partial charge in [0, 0.05) is 20.1 Å². The lowest BCUT2D eigenvalue weighted by atomic mass is 9.97. The molecule has 0 bridgehead atoms. The molecular weight excluding hydrogens is 399 g/mol. The predicted octanol–water partition coefficient (Wildman–Crippen LogP) is 5.73. The van der Waals surface area contributed by atoms with Crippen molar-refractivity contribution in [2.24, 2.45) is 0 Å². The maximum absolute atomic E-state index is 13.4. The molecule has 0 aliphatic carbocycles. The molecule has 0 aromatic heterocycles. The summed E-state index contributed by atoms with van der Waals surface area (Å²) in [6.07, 6.45) is 0. The number of fused-ring (bicyclic) bond motifs is 1. The van der Waals surface area contributed by atoms with Crippen LogP contribution in [0, 0.1) is 5.82 Å². The first-order chi connectivity index (χ1) is 10.1. The van der Waals surface area contributed by atoms with Gasteiger partial charge in [0.25, 0.3) is 0 Å². The summed E-state index contributed by atoms with van der Waals surface area (Å²) in [5, 5.41) is 1.80. The van der Waals surface area contributed by atoms with Crippen molar-refractivity contribution in [2.45, 2.75) is 0 Å². The highest BCUT2D eigenvalue weighted by atomic mass is 79.9. The van der Waals surface area contributed by atoms with E-state index in [1.54, 1.807) is 12.1 Å². The number of carbonyl (C=O) groups excluding carboxylic acids is 1. The van der Waals surface area contributed by atoms with E-state index >= 15 is 0 Å². The molecule has 0 aliphatic rings. The second kappa shape index (κ2) is 5.70. The normalized spacial score (nSPS) is 10.8. The Bertz CT molecular complexity index is 859. The van der Waals surface area contributed by atoms with Gasteiger partial charge >= 0.3 is 0 Å². The Hall–Kier alpha value is -1.52. The average molecular weight is 408 g/mol. The van der Waals surface area contributed by atoms with Crippen LogP contribution >= 0.6 is 31.9 Å². The zero-order valence-corrected chi connectivity index (χ0v) is 13.9. The van der Waals surface area contributed by atoms with Crippen molar-refractivity contribution in [1.82, 2.24) is 0 Å². The van der Waals surface area contributed by atoms with Gasteiger partial charge in [-0.1, -0.05) is 56.1 Å². The maximum atomic E-state index is 13.4. The fourth-order valence-electron chi connectivity index (χ4n) is 2.28. The fourth-order valence-corrected chi connectivity index (χ4v) is 3.18. The van der Waals surface area contributed by atoms with Crippen LogP contribution in [0.4, 0.5) is 4.39 Å². The van der Waals surface area contributed by atoms with E-state index in [4.69, 9.17) is 0 Å². The number of carbonyl (C=O) groups is 1. The van der Waals surface area contributed by atoms with Crippen molar-refractivity contribution in [3.8, 4) is 0 Å². The fraction of sp³-hybridized carbons (Fsp3) is 0. The average Bonchev–Trinajstić information content (AvgIpc) is 2.50. The lowest BCUT2D eigenvalue weighted by molar-refractivity contribution is 0.103. The summed E-state index contributed by atoms with van der Waals surface area (Å²) in [6, 6.07) is 15.3. The van der Waals surface area contributed by atoms with Crippen LogP contribution in [0.25, 0.3) is 10.8 Å². The number of rotatable bonds is 2. The van der Waals surface area contributed by atoms with E-state index in [0.29, 0.717) is 15.6 Å². The summed E-state index contributed by atoms with van der Waals surface area (Å²) < 4.78 is 14.9. The third-order valence-corrected chi connectivity index (χ3v) is 4.67. The van der Waals surface area contributed by atoms with Crippen LogP contribution < -0.4 is 0 Å². The van der Waals surface area contributed by atoms with Crippen molar-refractivity contribution in [3.05, 3.63) is 80.5 Å². The van der Waals surface area contributed by atoms with Gasteiger partial charge in [0.05, 0.1) is 0 Å². The third kappa shape index (κ3) is 2.65. The van der Waals surface area contributed by atoms with Gasteiger partial charge in [-0.05, 0) is 41.1 Å². The third-order valence-electron chi connectivity index (χ3n) is 3.29. The predicted molar refractivity (Wildman–Crippen MR) is 89.2 cm³/mol. The highest BCUT2D eigenvalue weighted by Crippen LogP contribution is 2.30. The molecule has 0 saturated carbocycles. The first-order valence-corrected chi connectivity index (χ1v) is 7.83. The summed E-state index contributed by atoms with van der Waals surface area (Å²) in [5.41, 5.74) is 0.877. The Balaban J connectivity index is 2.23. The van der Waals surface area contributed by atoms with E-state index in [1.807, 2.05) is 30.3 Å². The highest BCUT2D eigenvalue weighted by Gasteiger charge is 2.16. The summed E-state index contributed by atoms with van der Waals surface area (Å²) in [6.45, 7) is 0. The number of hydrogen-bond acceptors (Lipinski definition) is 1. The van der Waals surface area contributed by atoms with Gasteiger partial charge in [0.15, 0.2) is 5.78 Å². The van der Waals surface area contributed by atoms with Crippen molar-refractivity contribution < 1.29 is 9.18 Å². The number of halogens is 3. The van der Waals surface area contributed by atoms with Gasteiger partial charge in [-0.25, -0.2) is 4.39 Å². The molecule has 0 aliphatic heterocycles. The van der Waals surface area contributed by atoms with Gasteiger partial charge < -0.3 is 0 Å². The van der Waals surface area contributed by atoms with E-state index in [0.717, 1.165) is 15.2 Å². The van der Waals surface area contributed by atoms with E-state index in [1.165, 1.54) is 12.1 Å². The van der Waals surface area contributed by atoms with Crippen LogP contribution in [0.2, 0.25) is 0 Å². The molecule has 0 fully saturated rings. The van der Waals surface area contributed by atoms with Crippen LogP contribution in [0.3, 0.4) is 0 Å². The van der Waals surface area contributed by atoms with E-state index < -0.39 is 5.82 Å². The molecule has 104 valence electrons. The van der Waals surface area contributed by atoms with Crippen LogP contribution in [0.5, 0.6) is 0 Å². The summed E-state index contributed by atoms with van der Waals surface area (Å²) in [7, 11) is 0. The quantitative estimate of drug-likeness (QED) is 0.495. The second-order valence-corrected chi connectivity index (χ2v) is 6.30. The first kappa shape index (κ1) is 14.4. The number of benzene rings is 3. The number of hydrogen-bond donors (Lipinski definition) is 0. The lowest BCUT2D eigenvalue weighted by Crippen LogP contribution is -2.04. The van der Waals surface area contributed by atoms with Crippen LogP contribution in [0.1, 0.15) is 15.9 Å². The zero-order valence-electron chi connectivity index (χ0n) is 10.7. The Labute approximate surface area is 138 Å². The Morgan fingerprint density at radius 2 is 1.48 bits per heavy atom. The number of ketones is 1. The van der Waals surface area contributed by atoms with Gasteiger partial charge in [-0.2, -0.15) is 0 Å². The standard InChI is InChI=1S/C17H9Br2FO/c18-15-8-6-13(11-3-1-2-4-12(11)15)17(21)14-9-10(20)5-7-16(14)19/h1-9H. The summed E-state index contributed by atoms with van der Waals surface area (Å²) in [4.78, 5) is 12.7. The zero-order chi connectivity index (χ0) is 15.0. The first-order valence-electron chi connectivity index (χ1n) is 6.25. The van der Waals surface area contributed by atoms with Crippen molar-refractivity contribution in [1.29, 1.82) is 0 Å². The van der Waals surface area contributed by atoms with Crippen molar-refractivity contribution in [3.63, 3.8) is 0 Å². The molecule has 0 N–H and O–H groups in total. The van der Waals surface area contributed by atoms with Crippen LogP contribution in [0.15, 0.2) is 63.5 Å². The molecule has 3 aromatic rings. The molecular formula is C17H9Br2FO. The Kier molecular flexibility index (Phi) is 3.91. The van der Waals surface area contributed by atoms with E-state index in [-0.39, 0.29) is 5.78 Å². The van der Waals surface area contributed by atoms with Gasteiger partial charge in [-0.15, -0.1) is 0 Å². The molecule has 0 amide bonds. The second-order valence-electron chi connectivity index (χ2n) is 4.59. The molecule has 0 heterocycles. The minimum absolute atomic E-state index is 0.204. The Morgan fingerprint density at radius 1 is 0.810 bits per heavy atom. The molecule has 3 rings (SSSR count). The van der Waals surface area contributed by atoms with Gasteiger partial charge in [-0.3, -0.25) is 4.79 Å². The minimum atomic E-state index is -0.428. The SMILES string of the molecule is O=C(c1cc(F)ccc1Br)c1ccc(Br)c2ccccc12. The molecule has 4 heteroatoms. The molecule has 0 spiro atoms. The molecule has 1 nitrogen and oxygen atoms in total. The Morgan fingerprint density at radius 3 is 2.24 bits per heavy atom. The van der Waals surface area contributed by atoms with Crippen LogP contribution in [-0.2, 0) is 0 Å². The topological polar surface area (TPSA) is 17.1 Å². The summed E-state index contributed by atoms with van der Waals surface area (Å²) >= 11 is 6.79. The molecule has 3 aromatic carbocycles. The lowest BCUT2D eigenvalue weighted by Gasteiger charge is -2.09. The minimum Gasteiger partial charge on any atom is -0.289 e. The molecule has 0 atom stereocenters. The van der Waals surface area contributed by atoms with Gasteiger partial charge in [0.1, 0.15) is 5.82 Å². The maximum Gasteiger partial charge on any atom is 0.194 e. The summed E-state index contributed by atoms with van der Waals surface area (Å²) in [5.74, 6) is -0.631. The van der Waals surface area contributed by atoms with Crippen molar-refractivity contribution in [2.75, 3.05) is 0 Å². The van der Waals surface area contributed by atoms with E-state index in [9.17, 15) is 9.18 Å². The molecule has 21 heavy (non-hydrogen) atoms. The highest BCUT2D eigenvalue weighted by molar-refractivity contribution is 9.11. The van der Waals surface area contributed by atoms with Crippen LogP contribution in [-0.4, -0.2) is 5.78 Å². The largest absolute Gasteiger partial charge is 0.289 e. The monoisotopic (exact) mass is 406 g/mol. The molecule has 0 saturated heterocycles. The van der Waals surface area contributed by atoms with E-state index in [2.05, 4.69) is 31.9 Å². The smallest absolute Gasteiger partial charge is 0.194 e.